The number of non-ortho nitro benzene ring substituents is 1. The molecule has 0 aliphatic carbocycles. The molecule has 0 saturated carbocycles. The number of hydrogen-bond donors (Lipinski definition) is 2. The monoisotopic (exact) mass is 318 g/mol. The van der Waals surface area contributed by atoms with Crippen LogP contribution < -0.4 is 5.32 Å². The minimum absolute atomic E-state index is 0.144. The van der Waals surface area contributed by atoms with E-state index in [1.165, 1.54) is 0 Å². The molecular formula is C16H15FN2O4. The van der Waals surface area contributed by atoms with Crippen molar-refractivity contribution in [1.29, 1.82) is 0 Å². The summed E-state index contributed by atoms with van der Waals surface area (Å²) in [5.41, 5.74) is 0.0339. The predicted molar refractivity (Wildman–Crippen MR) is 81.4 cm³/mol. The predicted octanol–water partition coefficient (Wildman–Crippen LogP) is 2.59. The van der Waals surface area contributed by atoms with Crippen LogP contribution in [0.5, 0.6) is 0 Å². The molecule has 23 heavy (non-hydrogen) atoms. The Kier molecular flexibility index (Phi) is 5.37. The second-order valence-electron chi connectivity index (χ2n) is 4.89. The Hall–Kier alpha value is -2.80. The van der Waals surface area contributed by atoms with Crippen LogP contribution in [0.4, 0.5) is 10.1 Å². The topological polar surface area (TPSA) is 92.5 Å². The number of amides is 1. The number of benzene rings is 2. The third-order valence-electron chi connectivity index (χ3n) is 3.30. The van der Waals surface area contributed by atoms with E-state index < -0.39 is 28.4 Å². The van der Waals surface area contributed by atoms with Gasteiger partial charge in [0.05, 0.1) is 22.7 Å². The Morgan fingerprint density at radius 2 is 1.96 bits per heavy atom. The molecule has 0 radical (unpaired) electrons. The number of aliphatic hydroxyl groups excluding tert-OH is 1. The number of nitro benzene ring substituents is 1. The van der Waals surface area contributed by atoms with Crippen molar-refractivity contribution in [2.24, 2.45) is 0 Å². The van der Waals surface area contributed by atoms with Crippen LogP contribution >= 0.6 is 0 Å². The lowest BCUT2D eigenvalue weighted by atomic mass is 10.1. The van der Waals surface area contributed by atoms with E-state index in [2.05, 4.69) is 5.32 Å². The first-order valence-electron chi connectivity index (χ1n) is 6.94. The Balaban J connectivity index is 1.91. The molecule has 1 atom stereocenters. The van der Waals surface area contributed by atoms with Crippen molar-refractivity contribution < 1.29 is 19.2 Å². The average Bonchev–Trinajstić information content (AvgIpc) is 2.55. The number of rotatable bonds is 6. The molecule has 0 aliphatic rings. The van der Waals surface area contributed by atoms with Crippen molar-refractivity contribution >= 4 is 11.6 Å². The second-order valence-corrected chi connectivity index (χ2v) is 4.89. The van der Waals surface area contributed by atoms with Gasteiger partial charge in [0.2, 0.25) is 0 Å². The summed E-state index contributed by atoms with van der Waals surface area (Å²) < 4.78 is 13.7. The second kappa shape index (κ2) is 7.46. The zero-order valence-electron chi connectivity index (χ0n) is 12.1. The number of carbonyl (C=O) groups is 1. The number of nitro groups is 1. The Bertz CT molecular complexity index is 706. The number of hydrogen-bond acceptors (Lipinski definition) is 4. The van der Waals surface area contributed by atoms with Gasteiger partial charge in [0.15, 0.2) is 0 Å². The van der Waals surface area contributed by atoms with Crippen molar-refractivity contribution in [3.63, 3.8) is 0 Å². The summed E-state index contributed by atoms with van der Waals surface area (Å²) in [6, 6.07) is 11.8. The number of nitrogens with one attached hydrogen (secondary N) is 1. The van der Waals surface area contributed by atoms with Gasteiger partial charge in [-0.2, -0.15) is 0 Å². The maximum Gasteiger partial charge on any atom is 0.272 e. The van der Waals surface area contributed by atoms with E-state index in [4.69, 9.17) is 0 Å². The third-order valence-corrected chi connectivity index (χ3v) is 3.30. The molecule has 0 fully saturated rings. The number of nitrogens with zero attached hydrogens (tertiary/aromatic N) is 1. The molecule has 1 unspecified atom stereocenters. The number of carbonyl (C=O) groups excluding carboxylic acids is 1. The molecule has 2 N–H and O–H groups in total. The summed E-state index contributed by atoms with van der Waals surface area (Å²) in [4.78, 5) is 21.7. The first-order valence-corrected chi connectivity index (χ1v) is 6.94. The highest BCUT2D eigenvalue weighted by Crippen LogP contribution is 2.17. The van der Waals surface area contributed by atoms with Crippen LogP contribution in [0.25, 0.3) is 0 Å². The van der Waals surface area contributed by atoms with Crippen LogP contribution in [0.1, 0.15) is 28.4 Å². The Labute approximate surface area is 131 Å². The van der Waals surface area contributed by atoms with Crippen molar-refractivity contribution in [1.82, 2.24) is 5.32 Å². The molecule has 1 amide bonds. The van der Waals surface area contributed by atoms with Gasteiger partial charge >= 0.3 is 0 Å². The van der Waals surface area contributed by atoms with Crippen LogP contribution in [0, 0.1) is 15.9 Å². The molecule has 6 nitrogen and oxygen atoms in total. The largest absolute Gasteiger partial charge is 0.388 e. The van der Waals surface area contributed by atoms with Gasteiger partial charge in [0.1, 0.15) is 5.82 Å². The molecule has 0 spiro atoms. The molecule has 0 saturated heterocycles. The Morgan fingerprint density at radius 3 is 2.57 bits per heavy atom. The van der Waals surface area contributed by atoms with Gasteiger partial charge in [0, 0.05) is 12.6 Å². The standard InChI is InChI=1S/C16H15FN2O4/c17-14-10-12(19(22)23)6-7-13(14)16(21)18-9-8-15(20)11-4-2-1-3-5-11/h1-7,10,15,20H,8-9H2,(H,18,21). The van der Waals surface area contributed by atoms with E-state index in [-0.39, 0.29) is 18.5 Å². The lowest BCUT2D eigenvalue weighted by Crippen LogP contribution is -2.26. The highest BCUT2D eigenvalue weighted by atomic mass is 19.1. The van der Waals surface area contributed by atoms with E-state index >= 15 is 0 Å². The summed E-state index contributed by atoms with van der Waals surface area (Å²) in [6.45, 7) is 0.144. The molecule has 0 bridgehead atoms. The normalized spacial score (nSPS) is 11.7. The quantitative estimate of drug-likeness (QED) is 0.632. The molecule has 120 valence electrons. The van der Waals surface area contributed by atoms with Crippen molar-refractivity contribution in [3.05, 3.63) is 75.6 Å². The lowest BCUT2D eigenvalue weighted by molar-refractivity contribution is -0.385. The molecular weight excluding hydrogens is 303 g/mol. The minimum atomic E-state index is -0.958. The van der Waals surface area contributed by atoms with Crippen molar-refractivity contribution in [2.75, 3.05) is 6.54 Å². The average molecular weight is 318 g/mol. The summed E-state index contributed by atoms with van der Waals surface area (Å²) in [5, 5.41) is 23.0. The highest BCUT2D eigenvalue weighted by Gasteiger charge is 2.16. The van der Waals surface area contributed by atoms with E-state index in [0.717, 1.165) is 17.7 Å². The molecule has 7 heteroatoms. The molecule has 2 aromatic rings. The Morgan fingerprint density at radius 1 is 1.26 bits per heavy atom. The molecule has 2 rings (SSSR count). The molecule has 2 aromatic carbocycles. The fourth-order valence-electron chi connectivity index (χ4n) is 2.06. The van der Waals surface area contributed by atoms with Gasteiger partial charge < -0.3 is 10.4 Å². The maximum absolute atomic E-state index is 13.7. The van der Waals surface area contributed by atoms with E-state index in [0.29, 0.717) is 6.07 Å². The van der Waals surface area contributed by atoms with E-state index in [1.54, 1.807) is 24.3 Å². The zero-order chi connectivity index (χ0) is 16.8. The van der Waals surface area contributed by atoms with Crippen LogP contribution in [0.3, 0.4) is 0 Å². The van der Waals surface area contributed by atoms with Crippen molar-refractivity contribution in [3.8, 4) is 0 Å². The van der Waals surface area contributed by atoms with Crippen molar-refractivity contribution in [2.45, 2.75) is 12.5 Å². The number of halogens is 1. The highest BCUT2D eigenvalue weighted by molar-refractivity contribution is 5.94. The van der Waals surface area contributed by atoms with Gasteiger partial charge in [-0.15, -0.1) is 0 Å². The first kappa shape index (κ1) is 16.6. The van der Waals surface area contributed by atoms with E-state index in [1.807, 2.05) is 6.07 Å². The summed E-state index contributed by atoms with van der Waals surface area (Å²) in [6.07, 6.45) is -0.470. The lowest BCUT2D eigenvalue weighted by Gasteiger charge is -2.11. The van der Waals surface area contributed by atoms with Gasteiger partial charge in [-0.05, 0) is 18.1 Å². The van der Waals surface area contributed by atoms with Crippen LogP contribution in [0.15, 0.2) is 48.5 Å². The van der Waals surface area contributed by atoms with Crippen LogP contribution in [-0.2, 0) is 0 Å². The fourth-order valence-corrected chi connectivity index (χ4v) is 2.06. The molecule has 0 aliphatic heterocycles. The maximum atomic E-state index is 13.7. The van der Waals surface area contributed by atoms with Gasteiger partial charge in [-0.25, -0.2) is 4.39 Å². The third kappa shape index (κ3) is 4.33. The molecule has 0 aromatic heterocycles. The summed E-state index contributed by atoms with van der Waals surface area (Å²) in [5.74, 6) is -1.64. The first-order chi connectivity index (χ1) is 11.0. The minimum Gasteiger partial charge on any atom is -0.388 e. The SMILES string of the molecule is O=C(NCCC(O)c1ccccc1)c1ccc([N+](=O)[O-])cc1F. The van der Waals surface area contributed by atoms with Crippen LogP contribution in [0.2, 0.25) is 0 Å². The fraction of sp³-hybridized carbons (Fsp3) is 0.188. The van der Waals surface area contributed by atoms with E-state index in [9.17, 15) is 24.4 Å². The summed E-state index contributed by atoms with van der Waals surface area (Å²) >= 11 is 0. The number of aliphatic hydroxyl groups is 1. The van der Waals surface area contributed by atoms with Gasteiger partial charge in [0.25, 0.3) is 11.6 Å². The smallest absolute Gasteiger partial charge is 0.272 e. The van der Waals surface area contributed by atoms with Gasteiger partial charge in [-0.1, -0.05) is 30.3 Å². The van der Waals surface area contributed by atoms with Crippen LogP contribution in [-0.4, -0.2) is 22.5 Å². The zero-order valence-corrected chi connectivity index (χ0v) is 12.1. The van der Waals surface area contributed by atoms with Gasteiger partial charge in [-0.3, -0.25) is 14.9 Å². The molecule has 0 heterocycles. The summed E-state index contributed by atoms with van der Waals surface area (Å²) in [7, 11) is 0.